The Balaban J connectivity index is 1.05. The number of hydrogen-bond donors (Lipinski definition) is 0. The van der Waals surface area contributed by atoms with Gasteiger partial charge in [0.2, 0.25) is 0 Å². The maximum Gasteiger partial charge on any atom is 0.193 e. The topological polar surface area (TPSA) is 52.6 Å². The Morgan fingerprint density at radius 1 is 0.386 bits per heavy atom. The summed E-state index contributed by atoms with van der Waals surface area (Å²) in [6.07, 6.45) is 0. The van der Waals surface area contributed by atoms with Crippen molar-refractivity contribution >= 4 is 11.6 Å². The molecule has 0 saturated heterocycles. The van der Waals surface area contributed by atoms with E-state index in [1.54, 1.807) is 31.2 Å². The van der Waals surface area contributed by atoms with Crippen LogP contribution >= 0.6 is 0 Å². The van der Waals surface area contributed by atoms with E-state index in [4.69, 9.17) is 9.47 Å². The number of ketones is 2. The molecule has 44 heavy (non-hydrogen) atoms. The molecule has 4 heteroatoms. The number of benzene rings is 6. The lowest BCUT2D eigenvalue weighted by Crippen LogP contribution is -2.01. The molecule has 0 bridgehead atoms. The summed E-state index contributed by atoms with van der Waals surface area (Å²) in [5.74, 6) is 2.73. The van der Waals surface area contributed by atoms with Crippen molar-refractivity contribution in [3.63, 3.8) is 0 Å². The van der Waals surface area contributed by atoms with Crippen molar-refractivity contribution in [2.24, 2.45) is 0 Å². The number of carbonyl (C=O) groups excluding carboxylic acids is 2. The molecule has 6 rings (SSSR count). The van der Waals surface area contributed by atoms with Crippen molar-refractivity contribution in [2.75, 3.05) is 0 Å². The van der Waals surface area contributed by atoms with Gasteiger partial charge in [-0.15, -0.1) is 0 Å². The molecule has 0 amide bonds. The first-order valence-corrected chi connectivity index (χ1v) is 14.4. The van der Waals surface area contributed by atoms with Crippen LogP contribution in [-0.2, 0) is 0 Å². The van der Waals surface area contributed by atoms with Crippen molar-refractivity contribution in [2.45, 2.75) is 13.8 Å². The molecular weight excluding hydrogens is 544 g/mol. The first-order valence-electron chi connectivity index (χ1n) is 14.4. The number of Topliss-reactive ketones (excluding diaryl/α,β-unsaturated/α-hetero) is 1. The van der Waals surface area contributed by atoms with Crippen LogP contribution in [0.4, 0.5) is 0 Å². The fourth-order valence-electron chi connectivity index (χ4n) is 4.86. The Labute approximate surface area is 257 Å². The Kier molecular flexibility index (Phi) is 8.15. The summed E-state index contributed by atoms with van der Waals surface area (Å²) in [5, 5.41) is 0. The van der Waals surface area contributed by atoms with E-state index in [0.717, 1.165) is 22.4 Å². The predicted molar refractivity (Wildman–Crippen MR) is 175 cm³/mol. The third-order valence-electron chi connectivity index (χ3n) is 7.42. The maximum atomic E-state index is 13.1. The standard InChI is InChI=1S/C40H30O4/c1-27-3-5-30(6-4-27)33-15-19-36(20-16-33)43-38-23-25-39(26-24-38)44-37-21-17-35(18-22-37)40(42)34-13-11-32(12-14-34)31-9-7-29(8-10-31)28(2)41/h3-26H,1-2H3. The van der Waals surface area contributed by atoms with Gasteiger partial charge in [-0.05, 0) is 96.8 Å². The third-order valence-corrected chi connectivity index (χ3v) is 7.42. The van der Waals surface area contributed by atoms with Crippen LogP contribution in [0.15, 0.2) is 146 Å². The molecule has 0 N–H and O–H groups in total. The Bertz CT molecular complexity index is 1880. The van der Waals surface area contributed by atoms with Crippen LogP contribution in [0.3, 0.4) is 0 Å². The van der Waals surface area contributed by atoms with Gasteiger partial charge in [-0.2, -0.15) is 0 Å². The van der Waals surface area contributed by atoms with Crippen LogP contribution < -0.4 is 9.47 Å². The smallest absolute Gasteiger partial charge is 0.193 e. The molecule has 0 aromatic heterocycles. The zero-order valence-corrected chi connectivity index (χ0v) is 24.5. The van der Waals surface area contributed by atoms with Crippen LogP contribution in [0.1, 0.15) is 38.8 Å². The van der Waals surface area contributed by atoms with E-state index in [-0.39, 0.29) is 11.6 Å². The van der Waals surface area contributed by atoms with E-state index in [2.05, 4.69) is 43.3 Å². The van der Waals surface area contributed by atoms with E-state index < -0.39 is 0 Å². The molecule has 0 saturated carbocycles. The van der Waals surface area contributed by atoms with Crippen molar-refractivity contribution in [1.82, 2.24) is 0 Å². The van der Waals surface area contributed by atoms with E-state index in [0.29, 0.717) is 33.9 Å². The molecule has 0 aliphatic carbocycles. The highest BCUT2D eigenvalue weighted by Gasteiger charge is 2.11. The van der Waals surface area contributed by atoms with Gasteiger partial charge in [0.1, 0.15) is 23.0 Å². The normalized spacial score (nSPS) is 10.7. The van der Waals surface area contributed by atoms with Crippen LogP contribution in [0.2, 0.25) is 0 Å². The van der Waals surface area contributed by atoms with Gasteiger partial charge in [0, 0.05) is 16.7 Å². The largest absolute Gasteiger partial charge is 0.457 e. The van der Waals surface area contributed by atoms with E-state index in [1.807, 2.05) is 84.9 Å². The summed E-state index contributed by atoms with van der Waals surface area (Å²) in [4.78, 5) is 24.6. The quantitative estimate of drug-likeness (QED) is 0.161. The molecule has 0 fully saturated rings. The van der Waals surface area contributed by atoms with Crippen molar-refractivity contribution in [1.29, 1.82) is 0 Å². The Morgan fingerprint density at radius 2 is 0.659 bits per heavy atom. The van der Waals surface area contributed by atoms with Gasteiger partial charge in [0.05, 0.1) is 0 Å². The van der Waals surface area contributed by atoms with E-state index in [9.17, 15) is 9.59 Å². The lowest BCUT2D eigenvalue weighted by atomic mass is 9.98. The fourth-order valence-corrected chi connectivity index (χ4v) is 4.86. The minimum absolute atomic E-state index is 0.0356. The molecule has 6 aromatic rings. The van der Waals surface area contributed by atoms with Crippen molar-refractivity contribution < 1.29 is 19.1 Å². The zero-order valence-electron chi connectivity index (χ0n) is 24.5. The average molecular weight is 575 g/mol. The summed E-state index contributed by atoms with van der Waals surface area (Å²) >= 11 is 0. The monoisotopic (exact) mass is 574 g/mol. The number of aryl methyl sites for hydroxylation is 1. The lowest BCUT2D eigenvalue weighted by Gasteiger charge is -2.10. The maximum absolute atomic E-state index is 13.1. The highest BCUT2D eigenvalue weighted by Crippen LogP contribution is 2.29. The Morgan fingerprint density at radius 3 is 1.05 bits per heavy atom. The molecule has 214 valence electrons. The van der Waals surface area contributed by atoms with Gasteiger partial charge in [0.25, 0.3) is 0 Å². The highest BCUT2D eigenvalue weighted by molar-refractivity contribution is 6.09. The second-order valence-corrected chi connectivity index (χ2v) is 10.6. The van der Waals surface area contributed by atoms with Crippen molar-refractivity contribution in [3.8, 4) is 45.3 Å². The summed E-state index contributed by atoms with van der Waals surface area (Å²) in [5.41, 5.74) is 7.37. The van der Waals surface area contributed by atoms with Crippen molar-refractivity contribution in [3.05, 3.63) is 168 Å². The van der Waals surface area contributed by atoms with Gasteiger partial charge >= 0.3 is 0 Å². The summed E-state index contributed by atoms with van der Waals surface area (Å²) in [7, 11) is 0. The van der Waals surface area contributed by atoms with Gasteiger partial charge in [-0.25, -0.2) is 0 Å². The molecule has 4 nitrogen and oxygen atoms in total. The van der Waals surface area contributed by atoms with Gasteiger partial charge in [0.15, 0.2) is 11.6 Å². The number of ether oxygens (including phenoxy) is 2. The second kappa shape index (κ2) is 12.6. The minimum atomic E-state index is -0.0663. The second-order valence-electron chi connectivity index (χ2n) is 10.6. The molecular formula is C40H30O4. The molecule has 0 spiro atoms. The molecule has 0 unspecified atom stereocenters. The molecule has 0 heterocycles. The van der Waals surface area contributed by atoms with Gasteiger partial charge in [-0.1, -0.05) is 90.5 Å². The predicted octanol–water partition coefficient (Wildman–Crippen LogP) is 10.3. The number of carbonyl (C=O) groups is 2. The first kappa shape index (κ1) is 28.4. The summed E-state index contributed by atoms with van der Waals surface area (Å²) in [6, 6.07) is 46.0. The first-order chi connectivity index (χ1) is 21.4. The summed E-state index contributed by atoms with van der Waals surface area (Å²) in [6.45, 7) is 3.63. The zero-order chi connectivity index (χ0) is 30.5. The van der Waals surface area contributed by atoms with Crippen LogP contribution in [-0.4, -0.2) is 11.6 Å². The highest BCUT2D eigenvalue weighted by atomic mass is 16.5. The average Bonchev–Trinajstić information content (AvgIpc) is 3.06. The molecule has 0 atom stereocenters. The SMILES string of the molecule is CC(=O)c1ccc(-c2ccc(C(=O)c3ccc(Oc4ccc(Oc5ccc(-c6ccc(C)cc6)cc5)cc4)cc3)cc2)cc1. The molecule has 0 aliphatic heterocycles. The van der Waals surface area contributed by atoms with Crippen LogP contribution in [0.5, 0.6) is 23.0 Å². The molecule has 0 radical (unpaired) electrons. The van der Waals surface area contributed by atoms with E-state index >= 15 is 0 Å². The van der Waals surface area contributed by atoms with Gasteiger partial charge in [-0.3, -0.25) is 9.59 Å². The molecule has 0 aliphatic rings. The van der Waals surface area contributed by atoms with Crippen LogP contribution in [0, 0.1) is 6.92 Å². The number of hydrogen-bond acceptors (Lipinski definition) is 4. The molecule has 6 aromatic carbocycles. The number of rotatable bonds is 9. The van der Waals surface area contributed by atoms with Crippen LogP contribution in [0.25, 0.3) is 22.3 Å². The minimum Gasteiger partial charge on any atom is -0.457 e. The third kappa shape index (κ3) is 6.66. The fraction of sp³-hybridized carbons (Fsp3) is 0.0500. The van der Waals surface area contributed by atoms with Gasteiger partial charge < -0.3 is 9.47 Å². The lowest BCUT2D eigenvalue weighted by molar-refractivity contribution is 0.101. The Hall–Kier alpha value is -5.74. The summed E-state index contributed by atoms with van der Waals surface area (Å²) < 4.78 is 12.0. The van der Waals surface area contributed by atoms with E-state index in [1.165, 1.54) is 11.1 Å².